The third-order valence-corrected chi connectivity index (χ3v) is 3.55. The number of carbonyl (C=O) groups is 1. The topological polar surface area (TPSA) is 70.6 Å². The van der Waals surface area contributed by atoms with E-state index in [9.17, 15) is 9.90 Å². The third-order valence-electron chi connectivity index (χ3n) is 3.55. The number of amides is 1. The average molecular weight is 329 g/mol. The van der Waals surface area contributed by atoms with E-state index in [1.807, 2.05) is 38.1 Å². The van der Waals surface area contributed by atoms with Crippen molar-refractivity contribution in [3.63, 3.8) is 0 Å². The highest BCUT2D eigenvalue weighted by atomic mass is 35.5. The minimum Gasteiger partial charge on any atom is -0.491 e. The first-order chi connectivity index (χ1) is 10.1. The van der Waals surface area contributed by atoms with Crippen LogP contribution in [0.15, 0.2) is 24.3 Å². The standard InChI is InChI=1S/C16H24N2O3.ClH/c1-11(2)21-15-6-4-3-5-12(15)7-16(20)18-9-13-8-17-10-14(13)19;/h3-6,11,13-14,17,19H,7-10H2,1-2H3,(H,18,20);1H. The van der Waals surface area contributed by atoms with Gasteiger partial charge in [-0.2, -0.15) is 0 Å². The van der Waals surface area contributed by atoms with Gasteiger partial charge in [-0.15, -0.1) is 12.4 Å². The van der Waals surface area contributed by atoms with Crippen LogP contribution >= 0.6 is 12.4 Å². The number of aliphatic hydroxyl groups is 1. The summed E-state index contributed by atoms with van der Waals surface area (Å²) in [6.07, 6.45) is -0.00476. The van der Waals surface area contributed by atoms with Gasteiger partial charge in [0.15, 0.2) is 0 Å². The fraction of sp³-hybridized carbons (Fsp3) is 0.562. The van der Waals surface area contributed by atoms with Crippen molar-refractivity contribution in [2.45, 2.75) is 32.5 Å². The zero-order valence-electron chi connectivity index (χ0n) is 13.0. The summed E-state index contributed by atoms with van der Waals surface area (Å²) in [6.45, 7) is 5.77. The lowest BCUT2D eigenvalue weighted by molar-refractivity contribution is -0.120. The van der Waals surface area contributed by atoms with Crippen molar-refractivity contribution in [2.24, 2.45) is 5.92 Å². The van der Waals surface area contributed by atoms with Crippen LogP contribution in [0.5, 0.6) is 5.75 Å². The number of rotatable bonds is 6. The Balaban J connectivity index is 0.00000242. The van der Waals surface area contributed by atoms with Crippen molar-refractivity contribution >= 4 is 18.3 Å². The summed E-state index contributed by atoms with van der Waals surface area (Å²) < 4.78 is 5.71. The third kappa shape index (κ3) is 5.48. The predicted octanol–water partition coefficient (Wildman–Crippen LogP) is 1.13. The van der Waals surface area contributed by atoms with Gasteiger partial charge in [0.25, 0.3) is 0 Å². The van der Waals surface area contributed by atoms with E-state index >= 15 is 0 Å². The van der Waals surface area contributed by atoms with Gasteiger partial charge in [-0.3, -0.25) is 4.79 Å². The number of β-amino-alcohol motifs (C(OH)–C–C–N with tert-alkyl or cyclic N) is 1. The molecule has 2 atom stereocenters. The lowest BCUT2D eigenvalue weighted by Crippen LogP contribution is -2.35. The van der Waals surface area contributed by atoms with Crippen LogP contribution in [-0.2, 0) is 11.2 Å². The maximum Gasteiger partial charge on any atom is 0.224 e. The Bertz CT molecular complexity index is 482. The molecule has 0 saturated carbocycles. The molecule has 0 spiro atoms. The molecule has 0 bridgehead atoms. The molecule has 6 heteroatoms. The van der Waals surface area contributed by atoms with Crippen molar-refractivity contribution in [2.75, 3.05) is 19.6 Å². The van der Waals surface area contributed by atoms with Crippen LogP contribution in [0.4, 0.5) is 0 Å². The number of aliphatic hydroxyl groups excluding tert-OH is 1. The molecule has 124 valence electrons. The average Bonchev–Trinajstić information content (AvgIpc) is 2.84. The molecule has 1 aromatic carbocycles. The number of para-hydroxylation sites is 1. The molecule has 1 aliphatic rings. The molecular formula is C16H25ClN2O3. The van der Waals surface area contributed by atoms with Gasteiger partial charge in [-0.05, 0) is 19.9 Å². The quantitative estimate of drug-likeness (QED) is 0.732. The molecule has 1 fully saturated rings. The van der Waals surface area contributed by atoms with E-state index < -0.39 is 0 Å². The largest absolute Gasteiger partial charge is 0.491 e. The van der Waals surface area contributed by atoms with Gasteiger partial charge in [0.05, 0.1) is 18.6 Å². The van der Waals surface area contributed by atoms with E-state index in [0.717, 1.165) is 17.9 Å². The molecule has 0 aliphatic carbocycles. The smallest absolute Gasteiger partial charge is 0.224 e. The van der Waals surface area contributed by atoms with E-state index in [4.69, 9.17) is 4.74 Å². The van der Waals surface area contributed by atoms with Crippen LogP contribution in [0.2, 0.25) is 0 Å². The molecule has 0 aromatic heterocycles. The Hall–Kier alpha value is -1.30. The Morgan fingerprint density at radius 1 is 1.41 bits per heavy atom. The highest BCUT2D eigenvalue weighted by Gasteiger charge is 2.25. The van der Waals surface area contributed by atoms with Crippen LogP contribution in [0.3, 0.4) is 0 Å². The van der Waals surface area contributed by atoms with Crippen molar-refractivity contribution in [1.29, 1.82) is 0 Å². The maximum absolute atomic E-state index is 12.0. The molecule has 1 heterocycles. The van der Waals surface area contributed by atoms with Gasteiger partial charge in [0, 0.05) is 31.1 Å². The Morgan fingerprint density at radius 2 is 2.14 bits per heavy atom. The predicted molar refractivity (Wildman–Crippen MR) is 88.5 cm³/mol. The van der Waals surface area contributed by atoms with Crippen LogP contribution in [0.1, 0.15) is 19.4 Å². The Labute approximate surface area is 137 Å². The summed E-state index contributed by atoms with van der Waals surface area (Å²) in [6, 6.07) is 7.59. The van der Waals surface area contributed by atoms with Crippen molar-refractivity contribution in [3.05, 3.63) is 29.8 Å². The fourth-order valence-electron chi connectivity index (χ4n) is 2.43. The SMILES string of the molecule is CC(C)Oc1ccccc1CC(=O)NCC1CNCC1O.Cl. The highest BCUT2D eigenvalue weighted by Crippen LogP contribution is 2.20. The first-order valence-corrected chi connectivity index (χ1v) is 7.46. The molecule has 5 nitrogen and oxygen atoms in total. The van der Waals surface area contributed by atoms with Gasteiger partial charge in [0.2, 0.25) is 5.91 Å². The van der Waals surface area contributed by atoms with Crippen molar-refractivity contribution < 1.29 is 14.6 Å². The molecule has 2 rings (SSSR count). The number of ether oxygens (including phenoxy) is 1. The van der Waals surface area contributed by atoms with E-state index in [-0.39, 0.29) is 36.4 Å². The lowest BCUT2D eigenvalue weighted by Gasteiger charge is -2.16. The first kappa shape index (κ1) is 18.7. The fourth-order valence-corrected chi connectivity index (χ4v) is 2.43. The van der Waals surface area contributed by atoms with Gasteiger partial charge in [0.1, 0.15) is 5.75 Å². The molecule has 1 aromatic rings. The zero-order valence-corrected chi connectivity index (χ0v) is 13.9. The Kier molecular flexibility index (Phi) is 7.65. The second kappa shape index (κ2) is 8.98. The molecule has 3 N–H and O–H groups in total. The van der Waals surface area contributed by atoms with E-state index in [1.54, 1.807) is 0 Å². The second-order valence-electron chi connectivity index (χ2n) is 5.74. The molecule has 1 saturated heterocycles. The maximum atomic E-state index is 12.0. The van der Waals surface area contributed by atoms with Crippen LogP contribution < -0.4 is 15.4 Å². The second-order valence-corrected chi connectivity index (χ2v) is 5.74. The number of nitrogens with one attached hydrogen (secondary N) is 2. The van der Waals surface area contributed by atoms with Gasteiger partial charge in [-0.25, -0.2) is 0 Å². The zero-order chi connectivity index (χ0) is 15.2. The van der Waals surface area contributed by atoms with Crippen molar-refractivity contribution in [1.82, 2.24) is 10.6 Å². The van der Waals surface area contributed by atoms with E-state index in [2.05, 4.69) is 10.6 Å². The summed E-state index contributed by atoms with van der Waals surface area (Å²) in [5.74, 6) is 0.801. The summed E-state index contributed by atoms with van der Waals surface area (Å²) in [5.41, 5.74) is 0.883. The number of benzene rings is 1. The lowest BCUT2D eigenvalue weighted by atomic mass is 10.1. The molecule has 22 heavy (non-hydrogen) atoms. The monoisotopic (exact) mass is 328 g/mol. The van der Waals surface area contributed by atoms with Crippen LogP contribution in [0, 0.1) is 5.92 Å². The van der Waals surface area contributed by atoms with Crippen LogP contribution in [-0.4, -0.2) is 42.9 Å². The molecule has 1 aliphatic heterocycles. The Morgan fingerprint density at radius 3 is 2.77 bits per heavy atom. The molecular weight excluding hydrogens is 304 g/mol. The van der Waals surface area contributed by atoms with Crippen molar-refractivity contribution in [3.8, 4) is 5.75 Å². The van der Waals surface area contributed by atoms with Gasteiger partial charge in [-0.1, -0.05) is 18.2 Å². The van der Waals surface area contributed by atoms with Gasteiger partial charge >= 0.3 is 0 Å². The van der Waals surface area contributed by atoms with Gasteiger partial charge < -0.3 is 20.5 Å². The number of hydrogen-bond acceptors (Lipinski definition) is 4. The first-order valence-electron chi connectivity index (χ1n) is 7.46. The number of halogens is 1. The number of carbonyl (C=O) groups excluding carboxylic acids is 1. The van der Waals surface area contributed by atoms with E-state index in [1.165, 1.54) is 0 Å². The minimum absolute atomic E-state index is 0. The summed E-state index contributed by atoms with van der Waals surface area (Å²) >= 11 is 0. The summed E-state index contributed by atoms with van der Waals surface area (Å²) in [4.78, 5) is 12.0. The minimum atomic E-state index is -0.373. The van der Waals surface area contributed by atoms with E-state index in [0.29, 0.717) is 19.5 Å². The molecule has 2 unspecified atom stereocenters. The summed E-state index contributed by atoms with van der Waals surface area (Å²) in [5, 5.41) is 15.7. The summed E-state index contributed by atoms with van der Waals surface area (Å²) in [7, 11) is 0. The normalized spacial score (nSPS) is 20.5. The molecule has 1 amide bonds. The number of hydrogen-bond donors (Lipinski definition) is 3. The molecule has 0 radical (unpaired) electrons. The van der Waals surface area contributed by atoms with Crippen LogP contribution in [0.25, 0.3) is 0 Å². The highest BCUT2D eigenvalue weighted by molar-refractivity contribution is 5.85.